The van der Waals surface area contributed by atoms with Gasteiger partial charge >= 0.3 is 6.03 Å². The van der Waals surface area contributed by atoms with Gasteiger partial charge in [-0.1, -0.05) is 13.0 Å². The van der Waals surface area contributed by atoms with Gasteiger partial charge in [0.1, 0.15) is 5.82 Å². The van der Waals surface area contributed by atoms with Gasteiger partial charge in [0.15, 0.2) is 0 Å². The van der Waals surface area contributed by atoms with Gasteiger partial charge in [0.05, 0.1) is 6.61 Å². The molecule has 1 aromatic carbocycles. The molecule has 0 saturated carbocycles. The first-order chi connectivity index (χ1) is 9.97. The highest BCUT2D eigenvalue weighted by Gasteiger charge is 2.13. The van der Waals surface area contributed by atoms with Gasteiger partial charge in [-0.15, -0.1) is 0 Å². The first kappa shape index (κ1) is 17.4. The van der Waals surface area contributed by atoms with Gasteiger partial charge in [0.25, 0.3) is 0 Å². The Labute approximate surface area is 124 Å². The SMILES string of the molecule is COCc1cc(CNC(=O)NC(C)C(C)CO)ccc1F. The van der Waals surface area contributed by atoms with Crippen LogP contribution in [-0.2, 0) is 17.9 Å². The summed E-state index contributed by atoms with van der Waals surface area (Å²) in [5, 5.41) is 14.5. The van der Waals surface area contributed by atoms with Gasteiger partial charge in [0, 0.05) is 31.9 Å². The lowest BCUT2D eigenvalue weighted by Gasteiger charge is -2.19. The van der Waals surface area contributed by atoms with Crippen molar-refractivity contribution in [1.29, 1.82) is 0 Å². The van der Waals surface area contributed by atoms with Crippen LogP contribution in [0.5, 0.6) is 0 Å². The Morgan fingerprint density at radius 1 is 1.43 bits per heavy atom. The Hall–Kier alpha value is -1.66. The number of nitrogens with one attached hydrogen (secondary N) is 2. The number of aliphatic hydroxyl groups excluding tert-OH is 1. The molecular weight excluding hydrogens is 275 g/mol. The van der Waals surface area contributed by atoms with Crippen molar-refractivity contribution in [2.75, 3.05) is 13.7 Å². The molecule has 0 aromatic heterocycles. The number of carbonyl (C=O) groups is 1. The highest BCUT2D eigenvalue weighted by molar-refractivity contribution is 5.74. The van der Waals surface area contributed by atoms with E-state index < -0.39 is 0 Å². The molecule has 0 saturated heterocycles. The second-order valence-electron chi connectivity index (χ2n) is 5.13. The molecule has 5 nitrogen and oxygen atoms in total. The monoisotopic (exact) mass is 298 g/mol. The van der Waals surface area contributed by atoms with Gasteiger partial charge in [-0.25, -0.2) is 9.18 Å². The molecule has 0 bridgehead atoms. The van der Waals surface area contributed by atoms with E-state index >= 15 is 0 Å². The van der Waals surface area contributed by atoms with Crippen LogP contribution in [0.25, 0.3) is 0 Å². The number of hydrogen-bond donors (Lipinski definition) is 3. The Bertz CT molecular complexity index is 468. The quantitative estimate of drug-likeness (QED) is 0.719. The molecule has 2 amide bonds. The van der Waals surface area contributed by atoms with Crippen molar-refractivity contribution >= 4 is 6.03 Å². The number of amides is 2. The third kappa shape index (κ3) is 5.69. The summed E-state index contributed by atoms with van der Waals surface area (Å²) in [5.41, 5.74) is 1.25. The highest BCUT2D eigenvalue weighted by atomic mass is 19.1. The lowest BCUT2D eigenvalue weighted by Crippen LogP contribution is -2.43. The largest absolute Gasteiger partial charge is 0.396 e. The molecule has 0 heterocycles. The van der Waals surface area contributed by atoms with Crippen molar-refractivity contribution in [3.05, 3.63) is 35.1 Å². The zero-order valence-electron chi connectivity index (χ0n) is 12.6. The Morgan fingerprint density at radius 2 is 2.14 bits per heavy atom. The second-order valence-corrected chi connectivity index (χ2v) is 5.13. The van der Waals surface area contributed by atoms with E-state index in [1.165, 1.54) is 13.2 Å². The standard InChI is InChI=1S/C15H23FN2O3/c1-10(8-19)11(2)18-15(20)17-7-12-4-5-14(16)13(6-12)9-21-3/h4-6,10-11,19H,7-9H2,1-3H3,(H2,17,18,20). The van der Waals surface area contributed by atoms with E-state index in [9.17, 15) is 9.18 Å². The zero-order valence-corrected chi connectivity index (χ0v) is 12.6. The molecule has 0 spiro atoms. The predicted molar refractivity (Wildman–Crippen MR) is 78.2 cm³/mol. The van der Waals surface area contributed by atoms with E-state index in [0.29, 0.717) is 12.1 Å². The molecular formula is C15H23FN2O3. The predicted octanol–water partition coefficient (Wildman–Crippen LogP) is 1.79. The molecule has 0 fully saturated rings. The second kappa shape index (κ2) is 8.59. The van der Waals surface area contributed by atoms with Crippen LogP contribution >= 0.6 is 0 Å². The summed E-state index contributed by atoms with van der Waals surface area (Å²) in [6.45, 7) is 4.18. The Morgan fingerprint density at radius 3 is 2.76 bits per heavy atom. The smallest absolute Gasteiger partial charge is 0.315 e. The lowest BCUT2D eigenvalue weighted by molar-refractivity contribution is 0.181. The summed E-state index contributed by atoms with van der Waals surface area (Å²) < 4.78 is 18.4. The van der Waals surface area contributed by atoms with Gasteiger partial charge < -0.3 is 20.5 Å². The van der Waals surface area contributed by atoms with Crippen molar-refractivity contribution in [3.8, 4) is 0 Å². The van der Waals surface area contributed by atoms with E-state index in [4.69, 9.17) is 9.84 Å². The number of benzene rings is 1. The van der Waals surface area contributed by atoms with Gasteiger partial charge in [0.2, 0.25) is 0 Å². The van der Waals surface area contributed by atoms with Crippen molar-refractivity contribution in [3.63, 3.8) is 0 Å². The molecule has 0 aliphatic heterocycles. The summed E-state index contributed by atoms with van der Waals surface area (Å²) >= 11 is 0. The number of methoxy groups -OCH3 is 1. The van der Waals surface area contributed by atoms with Crippen LogP contribution < -0.4 is 10.6 Å². The third-order valence-corrected chi connectivity index (χ3v) is 3.36. The molecule has 1 aromatic rings. The minimum Gasteiger partial charge on any atom is -0.396 e. The fraction of sp³-hybridized carbons (Fsp3) is 0.533. The molecule has 1 rings (SSSR count). The molecule has 6 heteroatoms. The number of carbonyl (C=O) groups excluding carboxylic acids is 1. The minimum atomic E-state index is -0.324. The lowest BCUT2D eigenvalue weighted by atomic mass is 10.1. The Balaban J connectivity index is 2.51. The summed E-state index contributed by atoms with van der Waals surface area (Å²) in [5.74, 6) is -0.342. The van der Waals surface area contributed by atoms with Crippen LogP contribution in [0.15, 0.2) is 18.2 Å². The summed E-state index contributed by atoms with van der Waals surface area (Å²) in [4.78, 5) is 11.7. The fourth-order valence-corrected chi connectivity index (χ4v) is 1.74. The third-order valence-electron chi connectivity index (χ3n) is 3.36. The zero-order chi connectivity index (χ0) is 15.8. The molecule has 0 aliphatic rings. The van der Waals surface area contributed by atoms with E-state index in [1.54, 1.807) is 12.1 Å². The molecule has 3 N–H and O–H groups in total. The maximum atomic E-state index is 13.5. The van der Waals surface area contributed by atoms with Crippen molar-refractivity contribution < 1.29 is 19.0 Å². The number of halogens is 1. The number of aliphatic hydroxyl groups is 1. The maximum absolute atomic E-state index is 13.5. The van der Waals surface area contributed by atoms with Crippen molar-refractivity contribution in [2.24, 2.45) is 5.92 Å². The highest BCUT2D eigenvalue weighted by Crippen LogP contribution is 2.11. The number of hydrogen-bond acceptors (Lipinski definition) is 3. The van der Waals surface area contributed by atoms with Crippen LogP contribution in [0.4, 0.5) is 9.18 Å². The van der Waals surface area contributed by atoms with Crippen LogP contribution in [-0.4, -0.2) is 30.9 Å². The molecule has 0 radical (unpaired) electrons. The normalized spacial score (nSPS) is 13.6. The maximum Gasteiger partial charge on any atom is 0.315 e. The van der Waals surface area contributed by atoms with E-state index in [0.717, 1.165) is 5.56 Å². The van der Waals surface area contributed by atoms with Crippen LogP contribution in [0.3, 0.4) is 0 Å². The van der Waals surface area contributed by atoms with E-state index in [1.807, 2.05) is 13.8 Å². The average Bonchev–Trinajstić information content (AvgIpc) is 2.47. The first-order valence-corrected chi connectivity index (χ1v) is 6.89. The van der Waals surface area contributed by atoms with Crippen LogP contribution in [0.1, 0.15) is 25.0 Å². The van der Waals surface area contributed by atoms with Gasteiger partial charge in [-0.2, -0.15) is 0 Å². The fourth-order valence-electron chi connectivity index (χ4n) is 1.74. The summed E-state index contributed by atoms with van der Waals surface area (Å²) in [6, 6.07) is 4.19. The Kier molecular flexibility index (Phi) is 7.11. The summed E-state index contributed by atoms with van der Waals surface area (Å²) in [7, 11) is 1.50. The van der Waals surface area contributed by atoms with Gasteiger partial charge in [-0.3, -0.25) is 0 Å². The molecule has 0 aliphatic carbocycles. The molecule has 21 heavy (non-hydrogen) atoms. The number of ether oxygens (including phenoxy) is 1. The molecule has 2 unspecified atom stereocenters. The van der Waals surface area contributed by atoms with Crippen molar-refractivity contribution in [1.82, 2.24) is 10.6 Å². The minimum absolute atomic E-state index is 0.0137. The molecule has 118 valence electrons. The van der Waals surface area contributed by atoms with Crippen molar-refractivity contribution in [2.45, 2.75) is 33.0 Å². The summed E-state index contributed by atoms with van der Waals surface area (Å²) in [6.07, 6.45) is 0. The first-order valence-electron chi connectivity index (χ1n) is 6.89. The van der Waals surface area contributed by atoms with Crippen LogP contribution in [0, 0.1) is 11.7 Å². The van der Waals surface area contributed by atoms with E-state index in [-0.39, 0.29) is 37.0 Å². The molecule has 2 atom stereocenters. The topological polar surface area (TPSA) is 70.6 Å². The average molecular weight is 298 g/mol. The van der Waals surface area contributed by atoms with E-state index in [2.05, 4.69) is 10.6 Å². The van der Waals surface area contributed by atoms with Crippen LogP contribution in [0.2, 0.25) is 0 Å². The number of urea groups is 1. The van der Waals surface area contributed by atoms with Gasteiger partial charge in [-0.05, 0) is 30.5 Å². The number of rotatable bonds is 7.